The molecule has 33 heavy (non-hydrogen) atoms. The maximum atomic E-state index is 12.9. The molecule has 3 aromatic rings. The third-order valence-corrected chi connectivity index (χ3v) is 5.47. The van der Waals surface area contributed by atoms with Gasteiger partial charge in [-0.3, -0.25) is 14.4 Å². The van der Waals surface area contributed by atoms with Gasteiger partial charge in [-0.15, -0.1) is 0 Å². The Kier molecular flexibility index (Phi) is 6.31. The van der Waals surface area contributed by atoms with Crippen LogP contribution in [0.2, 0.25) is 0 Å². The summed E-state index contributed by atoms with van der Waals surface area (Å²) in [5.74, 6) is -2.52. The number of amides is 5. The number of nitrogens with zero attached hydrogens (tertiary/aromatic N) is 2. The summed E-state index contributed by atoms with van der Waals surface area (Å²) in [5, 5.41) is 2.91. The van der Waals surface area contributed by atoms with E-state index in [1.54, 1.807) is 24.3 Å². The second-order valence-corrected chi connectivity index (χ2v) is 7.87. The quantitative estimate of drug-likeness (QED) is 0.450. The van der Waals surface area contributed by atoms with Gasteiger partial charge in [0.15, 0.2) is 0 Å². The van der Waals surface area contributed by atoms with Crippen LogP contribution in [0.4, 0.5) is 10.5 Å². The molecule has 0 bridgehead atoms. The Morgan fingerprint density at radius 2 is 1.42 bits per heavy atom. The summed E-state index contributed by atoms with van der Waals surface area (Å²) in [7, 11) is 0. The third kappa shape index (κ3) is 4.82. The number of anilines is 1. The van der Waals surface area contributed by atoms with E-state index in [4.69, 9.17) is 0 Å². The lowest BCUT2D eigenvalue weighted by Crippen LogP contribution is -2.42. The molecule has 1 aliphatic heterocycles. The van der Waals surface area contributed by atoms with Gasteiger partial charge in [-0.25, -0.2) is 14.6 Å². The first kappa shape index (κ1) is 22.0. The lowest BCUT2D eigenvalue weighted by atomic mass is 9.99. The molecule has 1 N–H and O–H groups in total. The Balaban J connectivity index is 1.50. The molecule has 0 radical (unpaired) electrons. The van der Waals surface area contributed by atoms with Crippen LogP contribution in [-0.2, 0) is 20.8 Å². The fourth-order valence-corrected chi connectivity index (χ4v) is 3.74. The van der Waals surface area contributed by atoms with E-state index in [1.165, 1.54) is 0 Å². The molecule has 166 valence electrons. The van der Waals surface area contributed by atoms with Crippen LogP contribution in [0.25, 0.3) is 0 Å². The normalized spacial score (nSPS) is 14.5. The molecule has 4 rings (SSSR count). The molecule has 3 aromatic carbocycles. The number of hydrogen-bond acceptors (Lipinski definition) is 4. The van der Waals surface area contributed by atoms with Gasteiger partial charge in [0, 0.05) is 0 Å². The van der Waals surface area contributed by atoms with Crippen LogP contribution in [0.3, 0.4) is 0 Å². The summed E-state index contributed by atoms with van der Waals surface area (Å²) in [6.45, 7) is 1.34. The predicted octanol–water partition coefficient (Wildman–Crippen LogP) is 3.39. The molecule has 0 saturated carbocycles. The number of carbonyl (C=O) groups is 4. The van der Waals surface area contributed by atoms with E-state index in [0.717, 1.165) is 21.6 Å². The van der Waals surface area contributed by atoms with Crippen molar-refractivity contribution in [3.05, 3.63) is 102 Å². The average molecular weight is 441 g/mol. The van der Waals surface area contributed by atoms with Crippen LogP contribution in [0.15, 0.2) is 84.9 Å². The second-order valence-electron chi connectivity index (χ2n) is 7.87. The number of imide groups is 2. The van der Waals surface area contributed by atoms with Gasteiger partial charge in [-0.1, -0.05) is 78.4 Å². The molecule has 0 unspecified atom stereocenters. The number of carbonyl (C=O) groups excluding carboxylic acids is 4. The first-order chi connectivity index (χ1) is 15.9. The van der Waals surface area contributed by atoms with E-state index < -0.39 is 30.3 Å². The maximum Gasteiger partial charge on any atom is 0.339 e. The Morgan fingerprint density at radius 1 is 0.818 bits per heavy atom. The molecule has 1 heterocycles. The van der Waals surface area contributed by atoms with Gasteiger partial charge < -0.3 is 5.32 Å². The maximum absolute atomic E-state index is 12.9. The number of urea groups is 1. The van der Waals surface area contributed by atoms with Crippen molar-refractivity contribution in [2.75, 3.05) is 11.4 Å². The van der Waals surface area contributed by atoms with E-state index in [9.17, 15) is 19.2 Å². The predicted molar refractivity (Wildman–Crippen MR) is 123 cm³/mol. The number of hydrogen-bond donors (Lipinski definition) is 1. The lowest BCUT2D eigenvalue weighted by molar-refractivity contribution is -0.140. The van der Waals surface area contributed by atoms with Crippen molar-refractivity contribution in [2.45, 2.75) is 19.4 Å². The van der Waals surface area contributed by atoms with Gasteiger partial charge in [0.25, 0.3) is 0 Å². The molecule has 7 heteroatoms. The van der Waals surface area contributed by atoms with Crippen molar-refractivity contribution in [1.82, 2.24) is 10.2 Å². The monoisotopic (exact) mass is 441 g/mol. The molecule has 5 amide bonds. The number of aryl methyl sites for hydroxylation is 1. The van der Waals surface area contributed by atoms with E-state index in [2.05, 4.69) is 5.32 Å². The summed E-state index contributed by atoms with van der Waals surface area (Å²) >= 11 is 0. The number of nitrogens with one attached hydrogen (secondary N) is 1. The van der Waals surface area contributed by atoms with Crippen molar-refractivity contribution in [2.24, 2.45) is 0 Å². The van der Waals surface area contributed by atoms with E-state index >= 15 is 0 Å². The van der Waals surface area contributed by atoms with Gasteiger partial charge in [-0.05, 0) is 36.6 Å². The third-order valence-electron chi connectivity index (χ3n) is 5.47. The molecular formula is C26H23N3O4. The van der Waals surface area contributed by atoms with Gasteiger partial charge in [0.2, 0.25) is 5.91 Å². The van der Waals surface area contributed by atoms with E-state index in [1.807, 2.05) is 67.6 Å². The first-order valence-electron chi connectivity index (χ1n) is 10.6. The van der Waals surface area contributed by atoms with Crippen LogP contribution in [-0.4, -0.2) is 35.2 Å². The Hall–Kier alpha value is -4.26. The van der Waals surface area contributed by atoms with Crippen LogP contribution in [0, 0.1) is 6.92 Å². The standard InChI is InChI=1S/C26H23N3O4/c1-18-12-14-21(15-13-18)29-25(32)24(31)28(26(29)33)17-23(30)27-22(20-10-6-3-7-11-20)16-19-8-4-2-5-9-19/h2-15,22H,16-17H2,1H3,(H,27,30)/t22-/m1/s1. The van der Waals surface area contributed by atoms with Gasteiger partial charge >= 0.3 is 17.8 Å². The largest absolute Gasteiger partial charge is 0.347 e. The van der Waals surface area contributed by atoms with Crippen molar-refractivity contribution >= 4 is 29.4 Å². The van der Waals surface area contributed by atoms with Gasteiger partial charge in [-0.2, -0.15) is 0 Å². The van der Waals surface area contributed by atoms with Crippen molar-refractivity contribution < 1.29 is 19.2 Å². The topological polar surface area (TPSA) is 86.8 Å². The minimum atomic E-state index is -1.02. The Morgan fingerprint density at radius 3 is 2.06 bits per heavy atom. The highest BCUT2D eigenvalue weighted by Crippen LogP contribution is 2.23. The molecule has 1 atom stereocenters. The van der Waals surface area contributed by atoms with Gasteiger partial charge in [0.1, 0.15) is 6.54 Å². The Bertz CT molecular complexity index is 1180. The molecule has 0 spiro atoms. The molecule has 1 aliphatic rings. The van der Waals surface area contributed by atoms with Crippen LogP contribution >= 0.6 is 0 Å². The molecule has 0 aliphatic carbocycles. The summed E-state index contributed by atoms with van der Waals surface area (Å²) in [6, 6.07) is 24.6. The second kappa shape index (κ2) is 9.48. The molecular weight excluding hydrogens is 418 g/mol. The molecule has 7 nitrogen and oxygen atoms in total. The average Bonchev–Trinajstić information content (AvgIpc) is 3.03. The van der Waals surface area contributed by atoms with Gasteiger partial charge in [0.05, 0.1) is 11.7 Å². The Labute approximate surface area is 191 Å². The zero-order valence-corrected chi connectivity index (χ0v) is 18.1. The minimum Gasteiger partial charge on any atom is -0.347 e. The summed E-state index contributed by atoms with van der Waals surface area (Å²) in [4.78, 5) is 52.1. The molecule has 0 aromatic heterocycles. The highest BCUT2D eigenvalue weighted by Gasteiger charge is 2.46. The van der Waals surface area contributed by atoms with Crippen LogP contribution in [0.5, 0.6) is 0 Å². The lowest BCUT2D eigenvalue weighted by Gasteiger charge is -2.21. The fourth-order valence-electron chi connectivity index (χ4n) is 3.74. The first-order valence-corrected chi connectivity index (χ1v) is 10.6. The van der Waals surface area contributed by atoms with E-state index in [0.29, 0.717) is 11.3 Å². The zero-order chi connectivity index (χ0) is 23.4. The smallest absolute Gasteiger partial charge is 0.339 e. The summed E-state index contributed by atoms with van der Waals surface area (Å²) < 4.78 is 0. The van der Waals surface area contributed by atoms with E-state index in [-0.39, 0.29) is 11.7 Å². The van der Waals surface area contributed by atoms with Crippen molar-refractivity contribution in [1.29, 1.82) is 0 Å². The highest BCUT2D eigenvalue weighted by molar-refractivity contribution is 6.53. The number of benzene rings is 3. The van der Waals surface area contributed by atoms with Crippen molar-refractivity contribution in [3.63, 3.8) is 0 Å². The molecule has 1 fully saturated rings. The zero-order valence-electron chi connectivity index (χ0n) is 18.1. The minimum absolute atomic E-state index is 0.290. The number of rotatable bonds is 7. The molecule has 1 saturated heterocycles. The van der Waals surface area contributed by atoms with Crippen molar-refractivity contribution in [3.8, 4) is 0 Å². The van der Waals surface area contributed by atoms with Crippen LogP contribution < -0.4 is 10.2 Å². The fraction of sp³-hybridized carbons (Fsp3) is 0.154. The summed E-state index contributed by atoms with van der Waals surface area (Å²) in [6.07, 6.45) is 0.535. The highest BCUT2D eigenvalue weighted by atomic mass is 16.2. The summed E-state index contributed by atoms with van der Waals surface area (Å²) in [5.41, 5.74) is 3.16. The SMILES string of the molecule is Cc1ccc(N2C(=O)C(=O)N(CC(=O)N[C@H](Cc3ccccc3)c3ccccc3)C2=O)cc1. The van der Waals surface area contributed by atoms with Crippen LogP contribution in [0.1, 0.15) is 22.7 Å².